The SMILES string of the molecule is O=S1(=O)CCC(NS(=O)(=O)c2ccc(OC3CCCC3)cc2)C1. The zero-order chi connectivity index (χ0) is 16.5. The lowest BCUT2D eigenvalue weighted by Crippen LogP contribution is -2.35. The molecule has 1 unspecified atom stereocenters. The average molecular weight is 359 g/mol. The molecule has 0 bridgehead atoms. The minimum absolute atomic E-state index is 0.0361. The van der Waals surface area contributed by atoms with Crippen LogP contribution in [-0.4, -0.2) is 40.5 Å². The maximum atomic E-state index is 12.3. The molecular weight excluding hydrogens is 338 g/mol. The number of hydrogen-bond donors (Lipinski definition) is 1. The molecule has 1 N–H and O–H groups in total. The molecule has 0 spiro atoms. The highest BCUT2D eigenvalue weighted by Gasteiger charge is 2.31. The molecule has 3 rings (SSSR count). The van der Waals surface area contributed by atoms with Crippen LogP contribution in [0.2, 0.25) is 0 Å². The van der Waals surface area contributed by atoms with E-state index in [9.17, 15) is 16.8 Å². The van der Waals surface area contributed by atoms with E-state index >= 15 is 0 Å². The third-order valence-electron chi connectivity index (χ3n) is 4.29. The Balaban J connectivity index is 1.65. The Morgan fingerprint density at radius 2 is 1.70 bits per heavy atom. The van der Waals surface area contributed by atoms with E-state index < -0.39 is 25.9 Å². The molecule has 1 saturated heterocycles. The van der Waals surface area contributed by atoms with Crippen LogP contribution in [0.5, 0.6) is 5.75 Å². The number of rotatable bonds is 5. The summed E-state index contributed by atoms with van der Waals surface area (Å²) in [6.45, 7) is 0. The molecule has 2 aliphatic rings. The van der Waals surface area contributed by atoms with Crippen molar-refractivity contribution in [3.63, 3.8) is 0 Å². The zero-order valence-corrected chi connectivity index (χ0v) is 14.4. The monoisotopic (exact) mass is 359 g/mol. The van der Waals surface area contributed by atoms with Crippen molar-refractivity contribution in [1.82, 2.24) is 4.72 Å². The van der Waals surface area contributed by atoms with E-state index in [2.05, 4.69) is 4.72 Å². The molecule has 128 valence electrons. The Morgan fingerprint density at radius 3 is 2.26 bits per heavy atom. The van der Waals surface area contributed by atoms with Crippen molar-refractivity contribution in [1.29, 1.82) is 0 Å². The molecule has 1 heterocycles. The van der Waals surface area contributed by atoms with E-state index in [0.717, 1.165) is 12.8 Å². The van der Waals surface area contributed by atoms with Crippen LogP contribution >= 0.6 is 0 Å². The lowest BCUT2D eigenvalue weighted by Gasteiger charge is -2.14. The molecule has 1 aliphatic heterocycles. The fourth-order valence-electron chi connectivity index (χ4n) is 3.07. The number of sulfonamides is 1. The van der Waals surface area contributed by atoms with E-state index in [1.54, 1.807) is 12.1 Å². The highest BCUT2D eigenvalue weighted by molar-refractivity contribution is 7.92. The quantitative estimate of drug-likeness (QED) is 0.860. The van der Waals surface area contributed by atoms with Gasteiger partial charge in [-0.05, 0) is 56.4 Å². The molecule has 1 saturated carbocycles. The number of ether oxygens (including phenoxy) is 1. The number of sulfone groups is 1. The van der Waals surface area contributed by atoms with Crippen LogP contribution in [0.3, 0.4) is 0 Å². The van der Waals surface area contributed by atoms with Gasteiger partial charge in [0.05, 0.1) is 22.5 Å². The van der Waals surface area contributed by atoms with Crippen LogP contribution in [0.4, 0.5) is 0 Å². The van der Waals surface area contributed by atoms with Crippen LogP contribution in [0.1, 0.15) is 32.1 Å². The first-order valence-corrected chi connectivity index (χ1v) is 11.1. The van der Waals surface area contributed by atoms with E-state index in [1.165, 1.54) is 25.0 Å². The van der Waals surface area contributed by atoms with Gasteiger partial charge < -0.3 is 4.74 Å². The van der Waals surface area contributed by atoms with Gasteiger partial charge in [-0.25, -0.2) is 21.6 Å². The predicted molar refractivity (Wildman–Crippen MR) is 86.7 cm³/mol. The van der Waals surface area contributed by atoms with Gasteiger partial charge in [0, 0.05) is 6.04 Å². The first-order valence-electron chi connectivity index (χ1n) is 7.84. The van der Waals surface area contributed by atoms with Gasteiger partial charge in [0.2, 0.25) is 10.0 Å². The third-order valence-corrected chi connectivity index (χ3v) is 7.60. The smallest absolute Gasteiger partial charge is 0.240 e. The molecule has 1 aromatic carbocycles. The molecule has 1 aliphatic carbocycles. The summed E-state index contributed by atoms with van der Waals surface area (Å²) in [5.74, 6) is 0.572. The van der Waals surface area contributed by atoms with Gasteiger partial charge in [0.1, 0.15) is 5.75 Å². The second-order valence-corrected chi connectivity index (χ2v) is 10.2. The molecule has 0 aromatic heterocycles. The number of nitrogens with one attached hydrogen (secondary N) is 1. The van der Waals surface area contributed by atoms with Gasteiger partial charge >= 0.3 is 0 Å². The van der Waals surface area contributed by atoms with Crippen LogP contribution in [0.15, 0.2) is 29.2 Å². The number of benzene rings is 1. The largest absolute Gasteiger partial charge is 0.490 e. The van der Waals surface area contributed by atoms with Gasteiger partial charge in [0.25, 0.3) is 0 Å². The van der Waals surface area contributed by atoms with E-state index in [1.807, 2.05) is 0 Å². The average Bonchev–Trinajstić information content (AvgIpc) is 3.09. The fraction of sp³-hybridized carbons (Fsp3) is 0.600. The topological polar surface area (TPSA) is 89.5 Å². The first-order chi connectivity index (χ1) is 10.8. The Morgan fingerprint density at radius 1 is 1.04 bits per heavy atom. The summed E-state index contributed by atoms with van der Waals surface area (Å²) in [5, 5.41) is 0. The fourth-order valence-corrected chi connectivity index (χ4v) is 6.12. The maximum Gasteiger partial charge on any atom is 0.240 e. The Kier molecular flexibility index (Phi) is 4.66. The van der Waals surface area contributed by atoms with Crippen molar-refractivity contribution >= 4 is 19.9 Å². The highest BCUT2D eigenvalue weighted by atomic mass is 32.2. The molecule has 23 heavy (non-hydrogen) atoms. The van der Waals surface area contributed by atoms with Crippen molar-refractivity contribution in [3.8, 4) is 5.75 Å². The summed E-state index contributed by atoms with van der Waals surface area (Å²) >= 11 is 0. The molecule has 8 heteroatoms. The van der Waals surface area contributed by atoms with E-state index in [4.69, 9.17) is 4.74 Å². The van der Waals surface area contributed by atoms with Crippen LogP contribution in [-0.2, 0) is 19.9 Å². The summed E-state index contributed by atoms with van der Waals surface area (Å²) in [5.41, 5.74) is 0. The molecule has 2 fully saturated rings. The minimum atomic E-state index is -3.71. The van der Waals surface area contributed by atoms with Gasteiger partial charge in [-0.2, -0.15) is 0 Å². The minimum Gasteiger partial charge on any atom is -0.490 e. The van der Waals surface area contributed by atoms with Crippen molar-refractivity contribution in [2.24, 2.45) is 0 Å². The van der Waals surface area contributed by atoms with Gasteiger partial charge in [-0.15, -0.1) is 0 Å². The molecule has 6 nitrogen and oxygen atoms in total. The Hall–Kier alpha value is -1.12. The van der Waals surface area contributed by atoms with E-state index in [0.29, 0.717) is 12.2 Å². The molecule has 0 radical (unpaired) electrons. The summed E-state index contributed by atoms with van der Waals surface area (Å²) < 4.78 is 55.7. The summed E-state index contributed by atoms with van der Waals surface area (Å²) in [7, 11) is -6.83. The molecule has 1 atom stereocenters. The van der Waals surface area contributed by atoms with Gasteiger partial charge in [-0.1, -0.05) is 0 Å². The van der Waals surface area contributed by atoms with Crippen molar-refractivity contribution in [3.05, 3.63) is 24.3 Å². The zero-order valence-electron chi connectivity index (χ0n) is 12.8. The highest BCUT2D eigenvalue weighted by Crippen LogP contribution is 2.25. The van der Waals surface area contributed by atoms with Crippen LogP contribution < -0.4 is 9.46 Å². The second-order valence-electron chi connectivity index (χ2n) is 6.22. The Bertz CT molecular complexity index is 750. The van der Waals surface area contributed by atoms with Gasteiger partial charge in [-0.3, -0.25) is 0 Å². The van der Waals surface area contributed by atoms with Crippen LogP contribution in [0, 0.1) is 0 Å². The molecular formula is C15H21NO5S2. The standard InChI is InChI=1S/C15H21NO5S2/c17-22(18)10-9-12(11-22)16-23(19,20)15-7-5-14(6-8-15)21-13-3-1-2-4-13/h5-8,12-13,16H,1-4,9-11H2. The lowest BCUT2D eigenvalue weighted by atomic mass is 10.3. The van der Waals surface area contributed by atoms with Gasteiger partial charge in [0.15, 0.2) is 9.84 Å². The third kappa shape index (κ3) is 4.24. The molecule has 0 amide bonds. The Labute approximate surface area is 137 Å². The summed E-state index contributed by atoms with van der Waals surface area (Å²) in [6.07, 6.45) is 4.97. The summed E-state index contributed by atoms with van der Waals surface area (Å²) in [4.78, 5) is 0.126. The van der Waals surface area contributed by atoms with Crippen molar-refractivity contribution < 1.29 is 21.6 Å². The number of hydrogen-bond acceptors (Lipinski definition) is 5. The van der Waals surface area contributed by atoms with Crippen LogP contribution in [0.25, 0.3) is 0 Å². The van der Waals surface area contributed by atoms with Crippen molar-refractivity contribution in [2.45, 2.75) is 49.1 Å². The summed E-state index contributed by atoms with van der Waals surface area (Å²) in [6, 6.07) is 5.75. The van der Waals surface area contributed by atoms with E-state index in [-0.39, 0.29) is 22.5 Å². The lowest BCUT2D eigenvalue weighted by molar-refractivity contribution is 0.210. The van der Waals surface area contributed by atoms with Crippen molar-refractivity contribution in [2.75, 3.05) is 11.5 Å². The normalized spacial score (nSPS) is 24.8. The predicted octanol–water partition coefficient (Wildman–Crippen LogP) is 1.47. The second kappa shape index (κ2) is 6.41. The first kappa shape index (κ1) is 16.7. The molecule has 1 aromatic rings. The maximum absolute atomic E-state index is 12.3.